The van der Waals surface area contributed by atoms with Crippen LogP contribution in [0.3, 0.4) is 0 Å². The second kappa shape index (κ2) is 8.26. The van der Waals surface area contributed by atoms with Crippen LogP contribution in [0.5, 0.6) is 0 Å². The molecule has 152 valence electrons. The van der Waals surface area contributed by atoms with Crippen molar-refractivity contribution in [2.75, 3.05) is 18.4 Å². The minimum absolute atomic E-state index is 0.268. The Hall–Kier alpha value is -2.22. The lowest BCUT2D eigenvalue weighted by Crippen LogP contribution is -2.36. The highest BCUT2D eigenvalue weighted by atomic mass is 35.5. The van der Waals surface area contributed by atoms with Gasteiger partial charge in [0, 0.05) is 6.54 Å². The van der Waals surface area contributed by atoms with Crippen LogP contribution in [0, 0.1) is 11.8 Å². The van der Waals surface area contributed by atoms with E-state index in [1.165, 1.54) is 4.90 Å². The van der Waals surface area contributed by atoms with Crippen LogP contribution >= 0.6 is 22.9 Å². The van der Waals surface area contributed by atoms with Crippen molar-refractivity contribution in [3.05, 3.63) is 50.7 Å². The Balaban J connectivity index is 1.51. The van der Waals surface area contributed by atoms with E-state index < -0.39 is 0 Å². The number of nitrogens with one attached hydrogen (secondary N) is 1. The molecule has 3 N–H and O–H groups in total. The van der Waals surface area contributed by atoms with E-state index in [2.05, 4.69) is 5.32 Å². The lowest BCUT2D eigenvalue weighted by atomic mass is 9.82. The molecule has 0 spiro atoms. The first kappa shape index (κ1) is 20.1. The molecule has 3 amide bonds. The summed E-state index contributed by atoms with van der Waals surface area (Å²) in [5.41, 5.74) is 6.71. The Morgan fingerprint density at radius 1 is 1.10 bits per heavy atom. The molecule has 0 radical (unpaired) electrons. The predicted molar refractivity (Wildman–Crippen MR) is 114 cm³/mol. The fourth-order valence-corrected chi connectivity index (χ4v) is 5.07. The lowest BCUT2D eigenvalue weighted by Gasteiger charge is -2.29. The maximum absolute atomic E-state index is 13.1. The maximum atomic E-state index is 13.1. The van der Waals surface area contributed by atoms with Crippen LogP contribution in [0.15, 0.2) is 30.3 Å². The van der Waals surface area contributed by atoms with Gasteiger partial charge in [-0.1, -0.05) is 17.7 Å². The van der Waals surface area contributed by atoms with Crippen molar-refractivity contribution in [3.8, 4) is 0 Å². The SMILES string of the molecule is NC[C@H]1CC[C@H](CN2C(=O)c3cccc(NC(=O)c4ccc(Cl)s4)c3C2=O)CC1. The zero-order valence-corrected chi connectivity index (χ0v) is 17.4. The van der Waals surface area contributed by atoms with Crippen molar-refractivity contribution < 1.29 is 14.4 Å². The first-order valence-corrected chi connectivity index (χ1v) is 10.9. The molecule has 0 saturated heterocycles. The van der Waals surface area contributed by atoms with Gasteiger partial charge in [-0.25, -0.2) is 0 Å². The Labute approximate surface area is 178 Å². The lowest BCUT2D eigenvalue weighted by molar-refractivity contribution is 0.0611. The maximum Gasteiger partial charge on any atom is 0.265 e. The van der Waals surface area contributed by atoms with Crippen molar-refractivity contribution in [1.82, 2.24) is 4.90 Å². The number of benzene rings is 1. The number of halogens is 1. The smallest absolute Gasteiger partial charge is 0.265 e. The van der Waals surface area contributed by atoms with E-state index in [9.17, 15) is 14.4 Å². The van der Waals surface area contributed by atoms with Gasteiger partial charge in [-0.05, 0) is 68.3 Å². The summed E-state index contributed by atoms with van der Waals surface area (Å²) in [4.78, 5) is 40.2. The standard InChI is InChI=1S/C21H22ClN3O3S/c22-17-9-8-16(29-17)19(26)24-15-3-1-2-14-18(15)21(28)25(20(14)27)11-13-6-4-12(10-23)5-7-13/h1-3,8-9,12-13H,4-7,10-11,23H2,(H,24,26)/t12-,13-. The number of hydrogen-bond acceptors (Lipinski definition) is 5. The molecule has 2 aliphatic rings. The molecule has 1 fully saturated rings. The van der Waals surface area contributed by atoms with E-state index in [1.54, 1.807) is 30.3 Å². The van der Waals surface area contributed by atoms with E-state index in [0.29, 0.717) is 45.4 Å². The molecule has 0 bridgehead atoms. The number of fused-ring (bicyclic) bond motifs is 1. The number of carbonyl (C=O) groups is 3. The molecule has 29 heavy (non-hydrogen) atoms. The van der Waals surface area contributed by atoms with Gasteiger partial charge in [0.15, 0.2) is 0 Å². The first-order valence-electron chi connectivity index (χ1n) is 9.74. The molecule has 1 aromatic carbocycles. The van der Waals surface area contributed by atoms with Gasteiger partial charge in [-0.3, -0.25) is 19.3 Å². The molecule has 4 rings (SSSR count). The summed E-state index contributed by atoms with van der Waals surface area (Å²) < 4.78 is 0.509. The third-order valence-electron chi connectivity index (χ3n) is 5.78. The number of amides is 3. The molecule has 8 heteroatoms. The zero-order chi connectivity index (χ0) is 20.5. The number of anilines is 1. The Kier molecular flexibility index (Phi) is 5.72. The average molecular weight is 432 g/mol. The van der Waals surface area contributed by atoms with Gasteiger partial charge in [0.1, 0.15) is 0 Å². The Morgan fingerprint density at radius 2 is 1.83 bits per heavy atom. The topological polar surface area (TPSA) is 92.5 Å². The van der Waals surface area contributed by atoms with Crippen molar-refractivity contribution in [2.45, 2.75) is 25.7 Å². The van der Waals surface area contributed by atoms with Gasteiger partial charge in [0.05, 0.1) is 26.0 Å². The van der Waals surface area contributed by atoms with Crippen molar-refractivity contribution in [3.63, 3.8) is 0 Å². The van der Waals surface area contributed by atoms with E-state index in [4.69, 9.17) is 17.3 Å². The molecular weight excluding hydrogens is 410 g/mol. The van der Waals surface area contributed by atoms with Gasteiger partial charge >= 0.3 is 0 Å². The van der Waals surface area contributed by atoms with Crippen LogP contribution in [-0.2, 0) is 0 Å². The van der Waals surface area contributed by atoms with Crippen molar-refractivity contribution in [1.29, 1.82) is 0 Å². The Bertz CT molecular complexity index is 966. The molecular formula is C21H22ClN3O3S. The van der Waals surface area contributed by atoms with Gasteiger partial charge in [-0.2, -0.15) is 0 Å². The molecule has 0 atom stereocenters. The van der Waals surface area contributed by atoms with Crippen LogP contribution < -0.4 is 11.1 Å². The summed E-state index contributed by atoms with van der Waals surface area (Å²) in [6, 6.07) is 8.23. The van der Waals surface area contributed by atoms with Gasteiger partial charge in [0.25, 0.3) is 17.7 Å². The largest absolute Gasteiger partial charge is 0.330 e. The van der Waals surface area contributed by atoms with Crippen molar-refractivity contribution in [2.24, 2.45) is 17.6 Å². The summed E-state index contributed by atoms with van der Waals surface area (Å²) in [6.07, 6.45) is 4.01. The fourth-order valence-electron chi connectivity index (χ4n) is 4.13. The molecule has 2 aromatic rings. The van der Waals surface area contributed by atoms with Crippen LogP contribution in [0.1, 0.15) is 56.1 Å². The minimum Gasteiger partial charge on any atom is -0.330 e. The molecule has 0 unspecified atom stereocenters. The summed E-state index contributed by atoms with van der Waals surface area (Å²) in [6.45, 7) is 1.11. The highest BCUT2D eigenvalue weighted by molar-refractivity contribution is 7.18. The van der Waals surface area contributed by atoms with Crippen molar-refractivity contribution >= 4 is 46.3 Å². The van der Waals surface area contributed by atoms with Gasteiger partial charge in [0.2, 0.25) is 0 Å². The zero-order valence-electron chi connectivity index (χ0n) is 15.8. The van der Waals surface area contributed by atoms with E-state index >= 15 is 0 Å². The van der Waals surface area contributed by atoms with E-state index in [0.717, 1.165) is 37.0 Å². The fraction of sp³-hybridized carbons (Fsp3) is 0.381. The van der Waals surface area contributed by atoms with Crippen LogP contribution in [0.25, 0.3) is 0 Å². The molecule has 6 nitrogen and oxygen atoms in total. The summed E-state index contributed by atoms with van der Waals surface area (Å²) in [5.74, 6) is -0.145. The minimum atomic E-state index is -0.353. The molecule has 1 aromatic heterocycles. The number of rotatable bonds is 5. The highest BCUT2D eigenvalue weighted by Crippen LogP contribution is 2.34. The Morgan fingerprint density at radius 3 is 2.48 bits per heavy atom. The monoisotopic (exact) mass is 431 g/mol. The third kappa shape index (κ3) is 3.95. The number of hydrogen-bond donors (Lipinski definition) is 2. The molecule has 1 saturated carbocycles. The van der Waals surface area contributed by atoms with E-state index in [-0.39, 0.29) is 23.3 Å². The van der Waals surface area contributed by atoms with Crippen LogP contribution in [-0.4, -0.2) is 35.7 Å². The molecule has 1 aliphatic heterocycles. The number of imide groups is 1. The molecule has 1 aliphatic carbocycles. The molecule has 2 heterocycles. The van der Waals surface area contributed by atoms with Gasteiger partial charge < -0.3 is 11.1 Å². The summed E-state index contributed by atoms with van der Waals surface area (Å²) in [5, 5.41) is 2.76. The normalized spacial score (nSPS) is 21.4. The summed E-state index contributed by atoms with van der Waals surface area (Å²) in [7, 11) is 0. The van der Waals surface area contributed by atoms with Gasteiger partial charge in [-0.15, -0.1) is 11.3 Å². The second-order valence-electron chi connectivity index (χ2n) is 7.63. The number of nitrogens with zero attached hydrogens (tertiary/aromatic N) is 1. The second-order valence-corrected chi connectivity index (χ2v) is 9.34. The predicted octanol–water partition coefficient (Wildman–Crippen LogP) is 4.01. The van der Waals surface area contributed by atoms with Crippen LogP contribution in [0.4, 0.5) is 5.69 Å². The quantitative estimate of drug-likeness (QED) is 0.699. The number of carbonyl (C=O) groups excluding carboxylic acids is 3. The third-order valence-corrected chi connectivity index (χ3v) is 7.01. The summed E-state index contributed by atoms with van der Waals surface area (Å²) >= 11 is 7.06. The van der Waals surface area contributed by atoms with Crippen LogP contribution in [0.2, 0.25) is 4.34 Å². The van der Waals surface area contributed by atoms with E-state index in [1.807, 2.05) is 0 Å². The number of nitrogens with two attached hydrogens (primary N) is 1. The highest BCUT2D eigenvalue weighted by Gasteiger charge is 2.39. The average Bonchev–Trinajstić information content (AvgIpc) is 3.26. The first-order chi connectivity index (χ1) is 14.0. The number of thiophene rings is 1.